The van der Waals surface area contributed by atoms with Crippen molar-refractivity contribution in [3.8, 4) is 0 Å². The van der Waals surface area contributed by atoms with Gasteiger partial charge in [0.25, 0.3) is 0 Å². The molecule has 0 aromatic rings. The van der Waals surface area contributed by atoms with E-state index in [1.807, 2.05) is 0 Å². The Balaban J connectivity index is 0.000000371. The molecule has 0 nitrogen and oxygen atoms in total. The summed E-state index contributed by atoms with van der Waals surface area (Å²) in [5.74, 6) is 0.764. The second-order valence-electron chi connectivity index (χ2n) is 2.53. The Morgan fingerprint density at radius 3 is 2.40 bits per heavy atom. The second-order valence-corrected chi connectivity index (χ2v) is 2.53. The summed E-state index contributed by atoms with van der Waals surface area (Å²) in [6.07, 6.45) is 7.94. The first-order chi connectivity index (χ1) is 4.79. The summed E-state index contributed by atoms with van der Waals surface area (Å²) in [7, 11) is 0. The molecule has 0 aliphatic heterocycles. The molecule has 0 amide bonds. The molecule has 0 aromatic heterocycles. The molecule has 1 aliphatic carbocycles. The summed E-state index contributed by atoms with van der Waals surface area (Å²) in [6, 6.07) is 0. The molecule has 0 aromatic carbocycles. The van der Waals surface area contributed by atoms with Gasteiger partial charge in [-0.3, -0.25) is 0 Å². The van der Waals surface area contributed by atoms with Gasteiger partial charge in [-0.15, -0.1) is 13.2 Å². The Morgan fingerprint density at radius 1 is 1.50 bits per heavy atom. The highest BCUT2D eigenvalue weighted by atomic mass is 14.0. The van der Waals surface area contributed by atoms with Crippen molar-refractivity contribution in [3.63, 3.8) is 0 Å². The number of rotatable bonds is 0. The molecule has 56 valence electrons. The molecule has 0 heteroatoms. The van der Waals surface area contributed by atoms with E-state index in [9.17, 15) is 0 Å². The molecule has 1 rings (SSSR count). The maximum absolute atomic E-state index is 3.00. The largest absolute Gasteiger partial charge is 0.106 e. The fourth-order valence-corrected chi connectivity index (χ4v) is 1.04. The number of hydrogen-bond donors (Lipinski definition) is 0. The van der Waals surface area contributed by atoms with Crippen LogP contribution in [0.5, 0.6) is 0 Å². The van der Waals surface area contributed by atoms with E-state index in [0.29, 0.717) is 0 Å². The zero-order valence-corrected chi connectivity index (χ0v) is 6.93. The third-order valence-corrected chi connectivity index (χ3v) is 1.44. The predicted octanol–water partition coefficient (Wildman–Crippen LogP) is 3.33. The summed E-state index contributed by atoms with van der Waals surface area (Å²) in [5, 5.41) is 0. The van der Waals surface area contributed by atoms with Crippen LogP contribution in [0.25, 0.3) is 0 Å². The minimum Gasteiger partial charge on any atom is -0.106 e. The van der Waals surface area contributed by atoms with Gasteiger partial charge in [-0.2, -0.15) is 0 Å². The first-order valence-electron chi connectivity index (χ1n) is 3.64. The van der Waals surface area contributed by atoms with Gasteiger partial charge in [-0.25, -0.2) is 0 Å². The lowest BCUT2D eigenvalue weighted by molar-refractivity contribution is 0.729. The summed E-state index contributed by atoms with van der Waals surface area (Å²) >= 11 is 0. The van der Waals surface area contributed by atoms with E-state index >= 15 is 0 Å². The normalized spacial score (nSPS) is 22.6. The van der Waals surface area contributed by atoms with Crippen LogP contribution in [-0.2, 0) is 0 Å². The Morgan fingerprint density at radius 2 is 2.10 bits per heavy atom. The van der Waals surface area contributed by atoms with Crippen LogP contribution in [0.15, 0.2) is 37.0 Å². The van der Waals surface area contributed by atoms with Crippen LogP contribution in [0, 0.1) is 5.92 Å². The lowest BCUT2D eigenvalue weighted by Crippen LogP contribution is -1.91. The molecule has 0 radical (unpaired) electrons. The average molecular weight is 136 g/mol. The second kappa shape index (κ2) is 5.04. The van der Waals surface area contributed by atoms with Gasteiger partial charge >= 0.3 is 0 Å². The summed E-state index contributed by atoms with van der Waals surface area (Å²) in [5.41, 5.74) is 1.41. The van der Waals surface area contributed by atoms with Crippen molar-refractivity contribution in [1.29, 1.82) is 0 Å². The van der Waals surface area contributed by atoms with Gasteiger partial charge in [-0.1, -0.05) is 30.7 Å². The van der Waals surface area contributed by atoms with Crippen LogP contribution in [0.3, 0.4) is 0 Å². The molecule has 0 saturated heterocycles. The highest BCUT2D eigenvalue weighted by Gasteiger charge is 1.98. The summed E-state index contributed by atoms with van der Waals surface area (Å²) in [4.78, 5) is 0. The van der Waals surface area contributed by atoms with Gasteiger partial charge in [0.2, 0.25) is 0 Å². The number of allylic oxidation sites excluding steroid dienone is 4. The summed E-state index contributed by atoms with van der Waals surface area (Å²) < 4.78 is 0. The SMILES string of the molecule is C=C.CC1=C[C@@H](C)CC=C1. The lowest BCUT2D eigenvalue weighted by Gasteiger charge is -2.07. The standard InChI is InChI=1S/C8H12.C2H4/c1-7-4-3-5-8(2)6-7;1-2/h3-4,6,8H,5H2,1-2H3;1-2H2/t8-;/m0./s1. The quantitative estimate of drug-likeness (QED) is 0.448. The maximum Gasteiger partial charge on any atom is -0.0222 e. The van der Waals surface area contributed by atoms with Crippen molar-refractivity contribution in [3.05, 3.63) is 37.0 Å². The Kier molecular flexibility index (Phi) is 4.65. The molecule has 0 bridgehead atoms. The topological polar surface area (TPSA) is 0 Å². The molecule has 0 heterocycles. The average Bonchev–Trinajstić information content (AvgIpc) is 1.91. The molecule has 0 fully saturated rings. The number of hydrogen-bond acceptors (Lipinski definition) is 0. The van der Waals surface area contributed by atoms with E-state index in [1.165, 1.54) is 12.0 Å². The molecule has 0 unspecified atom stereocenters. The van der Waals surface area contributed by atoms with Crippen molar-refractivity contribution in [2.75, 3.05) is 0 Å². The third-order valence-electron chi connectivity index (χ3n) is 1.44. The molecule has 0 N–H and O–H groups in total. The van der Waals surface area contributed by atoms with E-state index in [4.69, 9.17) is 0 Å². The van der Waals surface area contributed by atoms with Crippen molar-refractivity contribution < 1.29 is 0 Å². The van der Waals surface area contributed by atoms with E-state index in [1.54, 1.807) is 0 Å². The van der Waals surface area contributed by atoms with Gasteiger partial charge in [0, 0.05) is 0 Å². The maximum atomic E-state index is 3.00. The van der Waals surface area contributed by atoms with Crippen LogP contribution in [-0.4, -0.2) is 0 Å². The van der Waals surface area contributed by atoms with Gasteiger partial charge < -0.3 is 0 Å². The van der Waals surface area contributed by atoms with E-state index in [-0.39, 0.29) is 0 Å². The van der Waals surface area contributed by atoms with E-state index in [0.717, 1.165) is 5.92 Å². The molecule has 1 atom stereocenters. The van der Waals surface area contributed by atoms with Crippen molar-refractivity contribution in [2.24, 2.45) is 5.92 Å². The van der Waals surface area contributed by atoms with Gasteiger partial charge in [0.15, 0.2) is 0 Å². The smallest absolute Gasteiger partial charge is 0.0222 e. The molecular weight excluding hydrogens is 120 g/mol. The fourth-order valence-electron chi connectivity index (χ4n) is 1.04. The Hall–Kier alpha value is -0.780. The van der Waals surface area contributed by atoms with Crippen LogP contribution in [0.4, 0.5) is 0 Å². The van der Waals surface area contributed by atoms with Crippen molar-refractivity contribution in [1.82, 2.24) is 0 Å². The minimum atomic E-state index is 0.764. The summed E-state index contributed by atoms with van der Waals surface area (Å²) in [6.45, 7) is 10.4. The Labute approximate surface area is 64.0 Å². The zero-order chi connectivity index (χ0) is 7.98. The van der Waals surface area contributed by atoms with Crippen LogP contribution in [0.1, 0.15) is 20.3 Å². The van der Waals surface area contributed by atoms with E-state index < -0.39 is 0 Å². The lowest BCUT2D eigenvalue weighted by atomic mass is 9.99. The molecule has 0 saturated carbocycles. The molecule has 1 aliphatic rings. The first kappa shape index (κ1) is 9.22. The van der Waals surface area contributed by atoms with Gasteiger partial charge in [0.1, 0.15) is 0 Å². The molecular formula is C10H16. The van der Waals surface area contributed by atoms with Crippen LogP contribution in [0.2, 0.25) is 0 Å². The van der Waals surface area contributed by atoms with Gasteiger partial charge in [-0.05, 0) is 19.3 Å². The predicted molar refractivity (Wildman–Crippen MR) is 47.9 cm³/mol. The highest BCUT2D eigenvalue weighted by Crippen LogP contribution is 2.14. The Bertz CT molecular complexity index is 140. The van der Waals surface area contributed by atoms with Crippen LogP contribution < -0.4 is 0 Å². The first-order valence-corrected chi connectivity index (χ1v) is 3.64. The van der Waals surface area contributed by atoms with Crippen molar-refractivity contribution >= 4 is 0 Å². The fraction of sp³-hybridized carbons (Fsp3) is 0.400. The van der Waals surface area contributed by atoms with Crippen molar-refractivity contribution in [2.45, 2.75) is 20.3 Å². The van der Waals surface area contributed by atoms with Crippen LogP contribution >= 0.6 is 0 Å². The highest BCUT2D eigenvalue weighted by molar-refractivity contribution is 5.20. The minimum absolute atomic E-state index is 0.764. The molecule has 10 heavy (non-hydrogen) atoms. The third kappa shape index (κ3) is 3.29. The van der Waals surface area contributed by atoms with Gasteiger partial charge in [0.05, 0.1) is 0 Å². The zero-order valence-electron chi connectivity index (χ0n) is 6.93. The monoisotopic (exact) mass is 136 g/mol. The van der Waals surface area contributed by atoms with E-state index in [2.05, 4.69) is 45.2 Å². The molecule has 0 spiro atoms.